The van der Waals surface area contributed by atoms with Crippen LogP contribution >= 0.6 is 0 Å². The van der Waals surface area contributed by atoms with Crippen LogP contribution in [0.25, 0.3) is 10.9 Å². The third-order valence-electron chi connectivity index (χ3n) is 7.97. The van der Waals surface area contributed by atoms with Crippen LogP contribution in [-0.2, 0) is 10.3 Å². The second kappa shape index (κ2) is 9.93. The van der Waals surface area contributed by atoms with E-state index < -0.39 is 5.54 Å². The van der Waals surface area contributed by atoms with E-state index in [2.05, 4.69) is 18.0 Å². The zero-order valence-electron chi connectivity index (χ0n) is 23.2. The van der Waals surface area contributed by atoms with Gasteiger partial charge in [-0.2, -0.15) is 0 Å². The van der Waals surface area contributed by atoms with E-state index in [1.54, 1.807) is 36.3 Å². The van der Waals surface area contributed by atoms with Gasteiger partial charge in [-0.3, -0.25) is 4.79 Å². The van der Waals surface area contributed by atoms with Crippen LogP contribution in [0.3, 0.4) is 0 Å². The molecule has 1 saturated heterocycles. The SMILES string of the molecule is CCCOc1ccc(C2CN3C(=O)N(c4cccc(OC)c4)C(=O)[C@]3(C)c3[nH]c4ccccc4c32)cc1OCC. The Morgan fingerprint density at radius 1 is 0.975 bits per heavy atom. The number of benzene rings is 3. The highest BCUT2D eigenvalue weighted by Gasteiger charge is 2.60. The summed E-state index contributed by atoms with van der Waals surface area (Å²) in [5.41, 5.74) is 2.95. The van der Waals surface area contributed by atoms with Crippen molar-refractivity contribution in [3.8, 4) is 17.2 Å². The monoisotopic (exact) mass is 539 g/mol. The lowest BCUT2D eigenvalue weighted by Crippen LogP contribution is -2.50. The summed E-state index contributed by atoms with van der Waals surface area (Å²) in [5.74, 6) is 1.45. The molecule has 206 valence electrons. The van der Waals surface area contributed by atoms with Crippen molar-refractivity contribution in [2.75, 3.05) is 31.8 Å². The lowest BCUT2D eigenvalue weighted by molar-refractivity contribution is -0.125. The molecule has 0 radical (unpaired) electrons. The number of aromatic amines is 1. The molecule has 1 unspecified atom stereocenters. The fourth-order valence-electron chi connectivity index (χ4n) is 6.01. The zero-order chi connectivity index (χ0) is 28.0. The molecular weight excluding hydrogens is 506 g/mol. The lowest BCUT2D eigenvalue weighted by Gasteiger charge is -2.40. The Kier molecular flexibility index (Phi) is 6.41. The predicted octanol–water partition coefficient (Wildman–Crippen LogP) is 6.19. The molecule has 40 heavy (non-hydrogen) atoms. The van der Waals surface area contributed by atoms with Gasteiger partial charge in [0.05, 0.1) is 31.7 Å². The molecule has 4 aromatic rings. The average Bonchev–Trinajstić information content (AvgIpc) is 3.46. The molecule has 3 heterocycles. The average molecular weight is 540 g/mol. The van der Waals surface area contributed by atoms with Crippen LogP contribution in [0.1, 0.15) is 49.9 Å². The molecule has 0 spiro atoms. The number of nitrogens with one attached hydrogen (secondary N) is 1. The summed E-state index contributed by atoms with van der Waals surface area (Å²) in [4.78, 5) is 34.7. The first kappa shape index (κ1) is 25.8. The van der Waals surface area contributed by atoms with Crippen molar-refractivity contribution in [1.82, 2.24) is 9.88 Å². The summed E-state index contributed by atoms with van der Waals surface area (Å²) in [5, 5.41) is 1.03. The maximum Gasteiger partial charge on any atom is 0.332 e. The number of carbonyl (C=O) groups excluding carboxylic acids is 2. The number of anilines is 1. The lowest BCUT2D eigenvalue weighted by atomic mass is 9.78. The number of urea groups is 1. The number of hydrogen-bond acceptors (Lipinski definition) is 5. The number of nitrogens with zero attached hydrogens (tertiary/aromatic N) is 2. The molecule has 1 N–H and O–H groups in total. The van der Waals surface area contributed by atoms with E-state index in [9.17, 15) is 9.59 Å². The minimum Gasteiger partial charge on any atom is -0.497 e. The molecule has 0 bridgehead atoms. The minimum atomic E-state index is -1.20. The standard InChI is InChI=1S/C32H33N3O5/c1-5-16-40-26-15-14-20(17-27(26)39-6-2)24-19-34-31(37)35(21-10-9-11-22(18-21)38-4)30(36)32(34,3)29-28(24)23-12-7-8-13-25(23)33-29/h7-15,17-18,24,33H,5-6,16,19H2,1-4H3/t24?,32-/m0/s1. The fourth-order valence-corrected chi connectivity index (χ4v) is 6.01. The van der Waals surface area contributed by atoms with E-state index >= 15 is 0 Å². The van der Waals surface area contributed by atoms with Gasteiger partial charge in [0.15, 0.2) is 17.0 Å². The highest BCUT2D eigenvalue weighted by Crippen LogP contribution is 2.51. The molecule has 0 saturated carbocycles. The van der Waals surface area contributed by atoms with Gasteiger partial charge in [0.2, 0.25) is 0 Å². The number of carbonyl (C=O) groups is 2. The number of hydrogen-bond donors (Lipinski definition) is 1. The van der Waals surface area contributed by atoms with Crippen LogP contribution in [0.2, 0.25) is 0 Å². The number of imide groups is 1. The van der Waals surface area contributed by atoms with Crippen molar-refractivity contribution in [3.63, 3.8) is 0 Å². The molecule has 0 aliphatic carbocycles. The maximum atomic E-state index is 14.2. The minimum absolute atomic E-state index is 0.194. The van der Waals surface area contributed by atoms with E-state index in [0.29, 0.717) is 42.7 Å². The number of amides is 3. The van der Waals surface area contributed by atoms with Crippen LogP contribution in [-0.4, -0.2) is 48.7 Å². The third-order valence-corrected chi connectivity index (χ3v) is 7.97. The quantitative estimate of drug-likeness (QED) is 0.270. The van der Waals surface area contributed by atoms with Gasteiger partial charge in [0.1, 0.15) is 5.75 Å². The van der Waals surface area contributed by atoms with Gasteiger partial charge in [-0.25, -0.2) is 9.69 Å². The molecule has 1 fully saturated rings. The highest BCUT2D eigenvalue weighted by molar-refractivity contribution is 6.23. The summed E-state index contributed by atoms with van der Waals surface area (Å²) in [6.07, 6.45) is 0.891. The van der Waals surface area contributed by atoms with E-state index in [4.69, 9.17) is 14.2 Å². The summed E-state index contributed by atoms with van der Waals surface area (Å²) in [7, 11) is 1.56. The molecule has 6 rings (SSSR count). The van der Waals surface area contributed by atoms with E-state index in [1.807, 2.05) is 50.2 Å². The highest BCUT2D eigenvalue weighted by atomic mass is 16.5. The van der Waals surface area contributed by atoms with E-state index in [1.165, 1.54) is 4.90 Å². The van der Waals surface area contributed by atoms with Crippen LogP contribution in [0.5, 0.6) is 17.2 Å². The van der Waals surface area contributed by atoms with Crippen molar-refractivity contribution in [2.24, 2.45) is 0 Å². The topological polar surface area (TPSA) is 84.1 Å². The summed E-state index contributed by atoms with van der Waals surface area (Å²) < 4.78 is 17.3. The number of rotatable bonds is 8. The fraction of sp³-hybridized carbons (Fsp3) is 0.312. The van der Waals surface area contributed by atoms with Crippen molar-refractivity contribution in [2.45, 2.75) is 38.6 Å². The molecule has 2 atom stereocenters. The molecule has 8 nitrogen and oxygen atoms in total. The first-order valence-electron chi connectivity index (χ1n) is 13.7. The normalized spacial score (nSPS) is 20.1. The van der Waals surface area contributed by atoms with Gasteiger partial charge in [0.25, 0.3) is 5.91 Å². The predicted molar refractivity (Wildman–Crippen MR) is 153 cm³/mol. The van der Waals surface area contributed by atoms with Crippen molar-refractivity contribution in [1.29, 1.82) is 0 Å². The second-order valence-corrected chi connectivity index (χ2v) is 10.3. The third kappa shape index (κ3) is 3.81. The first-order valence-corrected chi connectivity index (χ1v) is 13.7. The van der Waals surface area contributed by atoms with Gasteiger partial charge >= 0.3 is 6.03 Å². The van der Waals surface area contributed by atoms with Gasteiger partial charge < -0.3 is 24.1 Å². The van der Waals surface area contributed by atoms with Gasteiger partial charge in [-0.15, -0.1) is 0 Å². The van der Waals surface area contributed by atoms with Crippen LogP contribution in [0.4, 0.5) is 10.5 Å². The van der Waals surface area contributed by atoms with Crippen LogP contribution < -0.4 is 19.1 Å². The van der Waals surface area contributed by atoms with Crippen molar-refractivity contribution >= 4 is 28.5 Å². The number of ether oxygens (including phenoxy) is 3. The van der Waals surface area contributed by atoms with Gasteiger partial charge in [-0.05, 0) is 61.7 Å². The largest absolute Gasteiger partial charge is 0.497 e. The van der Waals surface area contributed by atoms with E-state index in [0.717, 1.165) is 34.1 Å². The van der Waals surface area contributed by atoms with Gasteiger partial charge in [-0.1, -0.05) is 37.3 Å². The molecule has 3 amide bonds. The number of H-pyrrole nitrogens is 1. The number of aromatic nitrogens is 1. The smallest absolute Gasteiger partial charge is 0.332 e. The molecule has 2 aliphatic rings. The second-order valence-electron chi connectivity index (χ2n) is 10.3. The molecule has 2 aliphatic heterocycles. The van der Waals surface area contributed by atoms with Crippen molar-refractivity contribution < 1.29 is 23.8 Å². The zero-order valence-corrected chi connectivity index (χ0v) is 23.2. The molecule has 1 aromatic heterocycles. The summed E-state index contributed by atoms with van der Waals surface area (Å²) >= 11 is 0. The first-order chi connectivity index (χ1) is 19.4. The Morgan fingerprint density at radius 2 is 1.80 bits per heavy atom. The Balaban J connectivity index is 1.51. The molecular formula is C32H33N3O5. The summed E-state index contributed by atoms with van der Waals surface area (Å²) in [6.45, 7) is 7.28. The maximum absolute atomic E-state index is 14.2. The number of fused-ring (bicyclic) bond motifs is 5. The van der Waals surface area contributed by atoms with Crippen LogP contribution in [0, 0.1) is 0 Å². The van der Waals surface area contributed by atoms with Gasteiger partial charge in [0, 0.05) is 29.4 Å². The van der Waals surface area contributed by atoms with E-state index in [-0.39, 0.29) is 17.9 Å². The Labute approximate surface area is 233 Å². The summed E-state index contributed by atoms with van der Waals surface area (Å²) in [6, 6.07) is 20.7. The molecule has 3 aromatic carbocycles. The Bertz CT molecular complexity index is 1610. The Morgan fingerprint density at radius 3 is 2.58 bits per heavy atom. The van der Waals surface area contributed by atoms with Crippen LogP contribution in [0.15, 0.2) is 66.7 Å². The Hall–Kier alpha value is -4.46. The molecule has 8 heteroatoms. The number of para-hydroxylation sites is 1. The van der Waals surface area contributed by atoms with Crippen molar-refractivity contribution in [3.05, 3.63) is 83.6 Å². The number of methoxy groups -OCH3 is 1.